The summed E-state index contributed by atoms with van der Waals surface area (Å²) < 4.78 is 0. The van der Waals surface area contributed by atoms with Crippen molar-refractivity contribution in [3.63, 3.8) is 0 Å². The van der Waals surface area contributed by atoms with Crippen molar-refractivity contribution in [2.45, 2.75) is 45.6 Å². The van der Waals surface area contributed by atoms with Crippen molar-refractivity contribution < 1.29 is 4.79 Å². The van der Waals surface area contributed by atoms with Crippen LogP contribution in [0.25, 0.3) is 0 Å². The van der Waals surface area contributed by atoms with E-state index in [9.17, 15) is 4.79 Å². The van der Waals surface area contributed by atoms with E-state index in [1.807, 2.05) is 0 Å². The Hall–Kier alpha value is -1.57. The zero-order valence-corrected chi connectivity index (χ0v) is 13.1. The lowest BCUT2D eigenvalue weighted by Crippen LogP contribution is -2.49. The zero-order chi connectivity index (χ0) is 15.0. The Balaban J connectivity index is 1.69. The first-order valence-corrected chi connectivity index (χ1v) is 8.09. The maximum atomic E-state index is 12.4. The molecule has 2 heteroatoms. The Bertz CT molecular complexity index is 535. The second-order valence-electron chi connectivity index (χ2n) is 7.11. The highest BCUT2D eigenvalue weighted by Gasteiger charge is 2.37. The van der Waals surface area contributed by atoms with Gasteiger partial charge in [-0.1, -0.05) is 50.3 Å². The topological polar surface area (TPSA) is 29.1 Å². The fourth-order valence-electron chi connectivity index (χ4n) is 3.95. The van der Waals surface area contributed by atoms with E-state index in [1.54, 1.807) is 0 Å². The number of hydrogen-bond acceptors (Lipinski definition) is 1. The van der Waals surface area contributed by atoms with Crippen LogP contribution in [0, 0.1) is 17.8 Å². The molecular formula is C19H25NO. The summed E-state index contributed by atoms with van der Waals surface area (Å²) in [6, 6.07) is 8.80. The first-order valence-electron chi connectivity index (χ1n) is 8.09. The molecule has 0 unspecified atom stereocenters. The van der Waals surface area contributed by atoms with Gasteiger partial charge in [0, 0.05) is 5.92 Å². The zero-order valence-electron chi connectivity index (χ0n) is 13.1. The van der Waals surface area contributed by atoms with Gasteiger partial charge in [0.25, 0.3) is 0 Å². The largest absolute Gasteiger partial charge is 0.349 e. The van der Waals surface area contributed by atoms with Gasteiger partial charge in [-0.2, -0.15) is 0 Å². The number of piperidine rings is 1. The van der Waals surface area contributed by atoms with Crippen LogP contribution in [-0.2, 0) is 17.6 Å². The third kappa shape index (κ3) is 2.90. The molecule has 0 bridgehead atoms. The van der Waals surface area contributed by atoms with Gasteiger partial charge in [0.05, 0.1) is 6.04 Å². The molecule has 0 spiro atoms. The Labute approximate surface area is 127 Å². The predicted molar refractivity (Wildman–Crippen MR) is 86.0 cm³/mol. The fourth-order valence-corrected chi connectivity index (χ4v) is 3.95. The number of fused-ring (bicyclic) bond motifs is 1. The van der Waals surface area contributed by atoms with Gasteiger partial charge in [-0.25, -0.2) is 0 Å². The van der Waals surface area contributed by atoms with Gasteiger partial charge < -0.3 is 5.32 Å². The molecule has 1 N–H and O–H groups in total. The Kier molecular flexibility index (Phi) is 3.88. The summed E-state index contributed by atoms with van der Waals surface area (Å²) in [6.45, 7) is 8.63. The number of carbonyl (C=O) groups excluding carboxylic acids is 1. The van der Waals surface area contributed by atoms with Crippen molar-refractivity contribution in [2.24, 2.45) is 17.8 Å². The van der Waals surface area contributed by atoms with E-state index in [4.69, 9.17) is 0 Å². The summed E-state index contributed by atoms with van der Waals surface area (Å²) in [5.74, 6) is 1.40. The Morgan fingerprint density at radius 2 is 1.81 bits per heavy atom. The quantitative estimate of drug-likeness (QED) is 0.845. The summed E-state index contributed by atoms with van der Waals surface area (Å²) in [5.41, 5.74) is 4.10. The van der Waals surface area contributed by atoms with Crippen LogP contribution in [0.15, 0.2) is 36.4 Å². The molecule has 1 aromatic carbocycles. The molecule has 1 aliphatic carbocycles. The molecule has 0 radical (unpaired) electrons. The van der Waals surface area contributed by atoms with Crippen molar-refractivity contribution in [3.05, 3.63) is 47.5 Å². The van der Waals surface area contributed by atoms with Crippen molar-refractivity contribution in [2.75, 3.05) is 0 Å². The number of carbonyl (C=O) groups is 1. The highest BCUT2D eigenvalue weighted by atomic mass is 16.2. The second-order valence-corrected chi connectivity index (χ2v) is 7.11. The van der Waals surface area contributed by atoms with Gasteiger partial charge in [-0.3, -0.25) is 4.79 Å². The SMILES string of the molecule is C=C1C[C@H](CC(C)C)C(=O)N[C@@H]1C1Cc2ccccc2C1. The van der Waals surface area contributed by atoms with E-state index >= 15 is 0 Å². The predicted octanol–water partition coefficient (Wildman–Crippen LogP) is 3.51. The summed E-state index contributed by atoms with van der Waals surface area (Å²) in [6.07, 6.45) is 3.95. The number of benzene rings is 1. The third-order valence-corrected chi connectivity index (χ3v) is 4.93. The molecule has 3 rings (SSSR count). The Morgan fingerprint density at radius 3 is 2.38 bits per heavy atom. The van der Waals surface area contributed by atoms with Crippen LogP contribution in [0.4, 0.5) is 0 Å². The average molecular weight is 283 g/mol. The molecule has 1 fully saturated rings. The van der Waals surface area contributed by atoms with Crippen LogP contribution >= 0.6 is 0 Å². The normalized spacial score (nSPS) is 26.0. The van der Waals surface area contributed by atoms with Gasteiger partial charge in [-0.05, 0) is 48.6 Å². The molecular weight excluding hydrogens is 258 g/mol. The lowest BCUT2D eigenvalue weighted by Gasteiger charge is -2.35. The highest BCUT2D eigenvalue weighted by Crippen LogP contribution is 2.35. The smallest absolute Gasteiger partial charge is 0.223 e. The minimum atomic E-state index is 0.123. The maximum absolute atomic E-state index is 12.4. The molecule has 2 atom stereocenters. The Morgan fingerprint density at radius 1 is 1.19 bits per heavy atom. The molecule has 0 aromatic heterocycles. The number of hydrogen-bond donors (Lipinski definition) is 1. The molecule has 1 aliphatic heterocycles. The van der Waals surface area contributed by atoms with Crippen molar-refractivity contribution in [1.82, 2.24) is 5.32 Å². The monoisotopic (exact) mass is 283 g/mol. The van der Waals surface area contributed by atoms with Crippen LogP contribution in [0.5, 0.6) is 0 Å². The van der Waals surface area contributed by atoms with E-state index < -0.39 is 0 Å². The molecule has 0 saturated carbocycles. The number of amides is 1. The molecule has 1 aromatic rings. The molecule has 1 heterocycles. The van der Waals surface area contributed by atoms with E-state index in [2.05, 4.69) is 50.0 Å². The second kappa shape index (κ2) is 5.67. The summed E-state index contributed by atoms with van der Waals surface area (Å²) in [5, 5.41) is 3.26. The first kappa shape index (κ1) is 14.4. The average Bonchev–Trinajstić information content (AvgIpc) is 2.85. The number of rotatable bonds is 3. The minimum absolute atomic E-state index is 0.123. The summed E-state index contributed by atoms with van der Waals surface area (Å²) >= 11 is 0. The maximum Gasteiger partial charge on any atom is 0.223 e. The van der Waals surface area contributed by atoms with Gasteiger partial charge in [0.15, 0.2) is 0 Å². The molecule has 2 aliphatic rings. The highest BCUT2D eigenvalue weighted by molar-refractivity contribution is 5.81. The van der Waals surface area contributed by atoms with Crippen LogP contribution < -0.4 is 5.32 Å². The van der Waals surface area contributed by atoms with E-state index in [-0.39, 0.29) is 17.9 Å². The third-order valence-electron chi connectivity index (χ3n) is 4.93. The summed E-state index contributed by atoms with van der Waals surface area (Å²) in [7, 11) is 0. The molecule has 1 saturated heterocycles. The molecule has 2 nitrogen and oxygen atoms in total. The van der Waals surface area contributed by atoms with E-state index in [1.165, 1.54) is 16.7 Å². The minimum Gasteiger partial charge on any atom is -0.349 e. The fraction of sp³-hybridized carbons (Fsp3) is 0.526. The van der Waals surface area contributed by atoms with E-state index in [0.717, 1.165) is 25.7 Å². The van der Waals surface area contributed by atoms with Crippen LogP contribution in [-0.4, -0.2) is 11.9 Å². The lowest BCUT2D eigenvalue weighted by atomic mass is 9.80. The number of nitrogens with one attached hydrogen (secondary N) is 1. The van der Waals surface area contributed by atoms with Crippen LogP contribution in [0.3, 0.4) is 0 Å². The molecule has 1 amide bonds. The molecule has 21 heavy (non-hydrogen) atoms. The summed E-state index contributed by atoms with van der Waals surface area (Å²) in [4.78, 5) is 12.4. The first-order chi connectivity index (χ1) is 10.0. The van der Waals surface area contributed by atoms with Crippen molar-refractivity contribution in [3.8, 4) is 0 Å². The van der Waals surface area contributed by atoms with Gasteiger partial charge >= 0.3 is 0 Å². The van der Waals surface area contributed by atoms with Gasteiger partial charge in [0.1, 0.15) is 0 Å². The van der Waals surface area contributed by atoms with Gasteiger partial charge in [-0.15, -0.1) is 0 Å². The lowest BCUT2D eigenvalue weighted by molar-refractivity contribution is -0.127. The van der Waals surface area contributed by atoms with E-state index in [0.29, 0.717) is 11.8 Å². The van der Waals surface area contributed by atoms with Crippen LogP contribution in [0.2, 0.25) is 0 Å². The van der Waals surface area contributed by atoms with Gasteiger partial charge in [0.2, 0.25) is 5.91 Å². The molecule has 112 valence electrons. The van der Waals surface area contributed by atoms with Crippen molar-refractivity contribution >= 4 is 5.91 Å². The van der Waals surface area contributed by atoms with Crippen molar-refractivity contribution in [1.29, 1.82) is 0 Å². The van der Waals surface area contributed by atoms with Crippen LogP contribution in [0.1, 0.15) is 37.8 Å². The standard InChI is InChI=1S/C19H25NO/c1-12(2)8-17-9-13(3)18(20-19(17)21)16-10-14-6-4-5-7-15(14)11-16/h4-7,12,16-18H,3,8-11H2,1-2H3,(H,20,21)/t17-,18-/m0/s1.